The maximum atomic E-state index is 11.6. The monoisotopic (exact) mass is 242 g/mol. The molecule has 0 saturated heterocycles. The van der Waals surface area contributed by atoms with Gasteiger partial charge in [-0.3, -0.25) is 4.79 Å². The summed E-state index contributed by atoms with van der Waals surface area (Å²) in [4.78, 5) is 11.6. The average Bonchev–Trinajstić information content (AvgIpc) is 2.64. The summed E-state index contributed by atoms with van der Waals surface area (Å²) in [5.74, 6) is 1.05. The third-order valence-electron chi connectivity index (χ3n) is 3.62. The van der Waals surface area contributed by atoms with Crippen molar-refractivity contribution in [1.29, 1.82) is 0 Å². The normalized spacial score (nSPS) is 26.2. The highest BCUT2D eigenvalue weighted by Gasteiger charge is 2.22. The minimum atomic E-state index is -0.128. The Labute approximate surface area is 104 Å². The molecule has 0 aliphatic heterocycles. The van der Waals surface area contributed by atoms with E-state index in [1.165, 1.54) is 0 Å². The lowest BCUT2D eigenvalue weighted by Gasteiger charge is -2.18. The van der Waals surface area contributed by atoms with E-state index in [4.69, 9.17) is 0 Å². The number of amides is 1. The summed E-state index contributed by atoms with van der Waals surface area (Å²) in [6.07, 6.45) is 2.72. The van der Waals surface area contributed by atoms with Crippen LogP contribution >= 0.6 is 0 Å². The van der Waals surface area contributed by atoms with Gasteiger partial charge in [0.25, 0.3) is 0 Å². The molecule has 1 aliphatic carbocycles. The van der Waals surface area contributed by atoms with Gasteiger partial charge in [-0.25, -0.2) is 0 Å². The molecule has 100 valence electrons. The molecule has 1 rings (SSSR count). The second kappa shape index (κ2) is 6.97. The van der Waals surface area contributed by atoms with Gasteiger partial charge < -0.3 is 15.7 Å². The molecule has 0 aromatic heterocycles. The summed E-state index contributed by atoms with van der Waals surface area (Å²) < 4.78 is 0. The fourth-order valence-electron chi connectivity index (χ4n) is 2.10. The summed E-state index contributed by atoms with van der Waals surface area (Å²) in [5.41, 5.74) is 0. The molecule has 1 fully saturated rings. The van der Waals surface area contributed by atoms with E-state index < -0.39 is 0 Å². The molecular weight excluding hydrogens is 216 g/mol. The molecule has 3 atom stereocenters. The van der Waals surface area contributed by atoms with Gasteiger partial charge in [-0.15, -0.1) is 0 Å². The minimum Gasteiger partial charge on any atom is -0.393 e. The molecule has 0 bridgehead atoms. The Hall–Kier alpha value is -0.610. The van der Waals surface area contributed by atoms with Gasteiger partial charge in [0, 0.05) is 6.04 Å². The molecule has 4 nitrogen and oxygen atoms in total. The second-order valence-electron chi connectivity index (χ2n) is 5.56. The van der Waals surface area contributed by atoms with Crippen molar-refractivity contribution in [2.24, 2.45) is 11.8 Å². The molecule has 0 aromatic rings. The van der Waals surface area contributed by atoms with Crippen LogP contribution in [0.5, 0.6) is 0 Å². The SMILES string of the molecule is CC(C)C(C)NC(=O)CNCC1CCC(O)C1. The van der Waals surface area contributed by atoms with E-state index >= 15 is 0 Å². The first kappa shape index (κ1) is 14.5. The summed E-state index contributed by atoms with van der Waals surface area (Å²) in [7, 11) is 0. The highest BCUT2D eigenvalue weighted by atomic mass is 16.3. The minimum absolute atomic E-state index is 0.0599. The molecule has 17 heavy (non-hydrogen) atoms. The zero-order valence-electron chi connectivity index (χ0n) is 11.2. The third-order valence-corrected chi connectivity index (χ3v) is 3.62. The van der Waals surface area contributed by atoms with Gasteiger partial charge in [0.15, 0.2) is 0 Å². The van der Waals surface area contributed by atoms with Crippen LogP contribution in [0.4, 0.5) is 0 Å². The number of rotatable bonds is 6. The zero-order valence-corrected chi connectivity index (χ0v) is 11.2. The van der Waals surface area contributed by atoms with Crippen molar-refractivity contribution in [3.8, 4) is 0 Å². The molecular formula is C13H26N2O2. The fourth-order valence-corrected chi connectivity index (χ4v) is 2.10. The van der Waals surface area contributed by atoms with Crippen LogP contribution in [0.15, 0.2) is 0 Å². The first-order chi connectivity index (χ1) is 7.99. The van der Waals surface area contributed by atoms with Gasteiger partial charge in [-0.1, -0.05) is 13.8 Å². The number of hydrogen-bond donors (Lipinski definition) is 3. The smallest absolute Gasteiger partial charge is 0.234 e. The second-order valence-corrected chi connectivity index (χ2v) is 5.56. The molecule has 3 N–H and O–H groups in total. The van der Waals surface area contributed by atoms with Crippen LogP contribution < -0.4 is 10.6 Å². The van der Waals surface area contributed by atoms with E-state index in [0.717, 1.165) is 25.8 Å². The van der Waals surface area contributed by atoms with E-state index in [9.17, 15) is 9.90 Å². The number of hydrogen-bond acceptors (Lipinski definition) is 3. The molecule has 1 saturated carbocycles. The maximum absolute atomic E-state index is 11.6. The highest BCUT2D eigenvalue weighted by Crippen LogP contribution is 2.24. The van der Waals surface area contributed by atoms with Gasteiger partial charge in [0.2, 0.25) is 5.91 Å². The highest BCUT2D eigenvalue weighted by molar-refractivity contribution is 5.78. The lowest BCUT2D eigenvalue weighted by molar-refractivity contribution is -0.121. The van der Waals surface area contributed by atoms with Gasteiger partial charge in [-0.2, -0.15) is 0 Å². The lowest BCUT2D eigenvalue weighted by Crippen LogP contribution is -2.42. The van der Waals surface area contributed by atoms with Crippen molar-refractivity contribution in [3.05, 3.63) is 0 Å². The molecule has 0 spiro atoms. The Bertz CT molecular complexity index is 244. The predicted octanol–water partition coefficient (Wildman–Crippen LogP) is 0.898. The lowest BCUT2D eigenvalue weighted by atomic mass is 10.1. The van der Waals surface area contributed by atoms with Crippen LogP contribution in [-0.2, 0) is 4.79 Å². The van der Waals surface area contributed by atoms with E-state index in [2.05, 4.69) is 24.5 Å². The maximum Gasteiger partial charge on any atom is 0.234 e. The Morgan fingerprint density at radius 2 is 2.06 bits per heavy atom. The first-order valence-corrected chi connectivity index (χ1v) is 6.67. The van der Waals surface area contributed by atoms with Gasteiger partial charge in [0.05, 0.1) is 12.6 Å². The van der Waals surface area contributed by atoms with Crippen molar-refractivity contribution in [2.45, 2.75) is 52.2 Å². The third kappa shape index (κ3) is 5.50. The Balaban J connectivity index is 2.08. The Kier molecular flexibility index (Phi) is 5.92. The standard InChI is InChI=1S/C13H26N2O2/c1-9(2)10(3)15-13(17)8-14-7-11-4-5-12(16)6-11/h9-12,14,16H,4-8H2,1-3H3,(H,15,17). The number of aliphatic hydroxyl groups is 1. The van der Waals surface area contributed by atoms with Gasteiger partial charge in [-0.05, 0) is 44.6 Å². The van der Waals surface area contributed by atoms with Crippen LogP contribution in [0.2, 0.25) is 0 Å². The van der Waals surface area contributed by atoms with E-state index in [-0.39, 0.29) is 18.1 Å². The summed E-state index contributed by atoms with van der Waals surface area (Å²) >= 11 is 0. The quantitative estimate of drug-likeness (QED) is 0.648. The van der Waals surface area contributed by atoms with E-state index in [1.54, 1.807) is 0 Å². The number of carbonyl (C=O) groups excluding carboxylic acids is 1. The summed E-state index contributed by atoms with van der Waals surface area (Å²) in [6.45, 7) is 7.43. The summed E-state index contributed by atoms with van der Waals surface area (Å²) in [6, 6.07) is 0.220. The molecule has 0 radical (unpaired) electrons. The zero-order chi connectivity index (χ0) is 12.8. The predicted molar refractivity (Wildman–Crippen MR) is 68.7 cm³/mol. The molecule has 1 aliphatic rings. The fraction of sp³-hybridized carbons (Fsp3) is 0.923. The van der Waals surface area contributed by atoms with Gasteiger partial charge in [0.1, 0.15) is 0 Å². The first-order valence-electron chi connectivity index (χ1n) is 6.67. The van der Waals surface area contributed by atoms with Crippen molar-refractivity contribution < 1.29 is 9.90 Å². The van der Waals surface area contributed by atoms with Crippen molar-refractivity contribution in [1.82, 2.24) is 10.6 Å². The molecule has 0 aromatic carbocycles. The largest absolute Gasteiger partial charge is 0.393 e. The molecule has 1 amide bonds. The van der Waals surface area contributed by atoms with Crippen molar-refractivity contribution in [2.75, 3.05) is 13.1 Å². The van der Waals surface area contributed by atoms with Crippen LogP contribution in [0.3, 0.4) is 0 Å². The van der Waals surface area contributed by atoms with Crippen LogP contribution in [0, 0.1) is 11.8 Å². The molecule has 4 heteroatoms. The number of nitrogens with one attached hydrogen (secondary N) is 2. The van der Waals surface area contributed by atoms with Crippen LogP contribution in [0.25, 0.3) is 0 Å². The molecule has 3 unspecified atom stereocenters. The topological polar surface area (TPSA) is 61.4 Å². The molecule has 0 heterocycles. The van der Waals surface area contributed by atoms with E-state index in [0.29, 0.717) is 18.4 Å². The van der Waals surface area contributed by atoms with Crippen molar-refractivity contribution in [3.63, 3.8) is 0 Å². The number of aliphatic hydroxyl groups excluding tert-OH is 1. The van der Waals surface area contributed by atoms with E-state index in [1.807, 2.05) is 6.92 Å². The Morgan fingerprint density at radius 1 is 1.35 bits per heavy atom. The summed E-state index contributed by atoms with van der Waals surface area (Å²) in [5, 5.41) is 15.5. The van der Waals surface area contributed by atoms with Gasteiger partial charge >= 0.3 is 0 Å². The average molecular weight is 242 g/mol. The van der Waals surface area contributed by atoms with Crippen LogP contribution in [-0.4, -0.2) is 36.2 Å². The Morgan fingerprint density at radius 3 is 2.59 bits per heavy atom. The number of carbonyl (C=O) groups is 1. The van der Waals surface area contributed by atoms with Crippen molar-refractivity contribution >= 4 is 5.91 Å². The van der Waals surface area contributed by atoms with Crippen LogP contribution in [0.1, 0.15) is 40.0 Å².